The molecular formula is C25H24N2O5. The Hall–Kier alpha value is -3.74. The molecule has 0 N–H and O–H groups in total. The third-order valence-electron chi connectivity index (χ3n) is 5.97. The molecule has 0 radical (unpaired) electrons. The highest BCUT2D eigenvalue weighted by Crippen LogP contribution is 2.44. The second-order valence-electron chi connectivity index (χ2n) is 8.02. The van der Waals surface area contributed by atoms with E-state index in [0.29, 0.717) is 48.6 Å². The van der Waals surface area contributed by atoms with Crippen LogP contribution in [0.5, 0.6) is 5.75 Å². The monoisotopic (exact) mass is 432 g/mol. The lowest BCUT2D eigenvalue weighted by Crippen LogP contribution is -2.40. The normalized spacial score (nSPS) is 18.4. The third kappa shape index (κ3) is 3.93. The Balaban J connectivity index is 1.79. The number of ether oxygens (including phenoxy) is 1. The van der Waals surface area contributed by atoms with Crippen molar-refractivity contribution in [3.63, 3.8) is 0 Å². The SMILES string of the molecule is C=CCOc1ccc(C2CC(=O)N(c3cc([N+](=O)[O-])ccc3C)C3=C2C(=O)CCC3)cc1. The first-order valence-electron chi connectivity index (χ1n) is 10.6. The molecule has 1 atom stereocenters. The average Bonchev–Trinajstić information content (AvgIpc) is 2.78. The molecule has 0 saturated heterocycles. The van der Waals surface area contributed by atoms with E-state index in [1.807, 2.05) is 31.2 Å². The second-order valence-corrected chi connectivity index (χ2v) is 8.02. The molecule has 0 bridgehead atoms. The van der Waals surface area contributed by atoms with Crippen LogP contribution in [0.25, 0.3) is 0 Å². The van der Waals surface area contributed by atoms with Crippen LogP contribution in [0, 0.1) is 17.0 Å². The van der Waals surface area contributed by atoms with E-state index in [0.717, 1.165) is 11.1 Å². The van der Waals surface area contributed by atoms with E-state index in [2.05, 4.69) is 6.58 Å². The minimum atomic E-state index is -0.475. The van der Waals surface area contributed by atoms with Gasteiger partial charge < -0.3 is 4.74 Å². The van der Waals surface area contributed by atoms with Gasteiger partial charge >= 0.3 is 0 Å². The van der Waals surface area contributed by atoms with Gasteiger partial charge in [0.1, 0.15) is 12.4 Å². The Bertz CT molecular complexity index is 1130. The zero-order valence-corrected chi connectivity index (χ0v) is 17.9. The largest absolute Gasteiger partial charge is 0.490 e. The lowest BCUT2D eigenvalue weighted by atomic mass is 9.77. The van der Waals surface area contributed by atoms with E-state index in [1.165, 1.54) is 17.0 Å². The number of benzene rings is 2. The summed E-state index contributed by atoms with van der Waals surface area (Å²) in [4.78, 5) is 38.8. The first-order valence-corrected chi connectivity index (χ1v) is 10.6. The number of amides is 1. The first kappa shape index (κ1) is 21.5. The van der Waals surface area contributed by atoms with Crippen LogP contribution in [0.1, 0.15) is 42.7 Å². The standard InChI is InChI=1S/C25H24N2O5/c1-3-13-32-19-11-8-17(9-12-19)20-15-24(29)26(21-5-4-6-23(28)25(20)21)22-14-18(27(30)31)10-7-16(22)2/h3,7-12,14,20H,1,4-6,13,15H2,2H3. The number of rotatable bonds is 6. The summed E-state index contributed by atoms with van der Waals surface area (Å²) in [6.07, 6.45) is 3.45. The zero-order chi connectivity index (χ0) is 22.8. The molecule has 0 saturated carbocycles. The van der Waals surface area contributed by atoms with E-state index < -0.39 is 4.92 Å². The summed E-state index contributed by atoms with van der Waals surface area (Å²) in [6, 6.07) is 11.9. The van der Waals surface area contributed by atoms with Gasteiger partial charge in [-0.3, -0.25) is 24.6 Å². The highest BCUT2D eigenvalue weighted by Gasteiger charge is 2.40. The van der Waals surface area contributed by atoms with E-state index >= 15 is 0 Å². The Morgan fingerprint density at radius 3 is 2.62 bits per heavy atom. The van der Waals surface area contributed by atoms with E-state index in [-0.39, 0.29) is 29.7 Å². The van der Waals surface area contributed by atoms with Gasteiger partial charge in [-0.25, -0.2) is 0 Å². The van der Waals surface area contributed by atoms with Gasteiger partial charge in [0.05, 0.1) is 10.6 Å². The molecule has 164 valence electrons. The van der Waals surface area contributed by atoms with Gasteiger partial charge in [0, 0.05) is 42.2 Å². The number of carbonyl (C=O) groups excluding carboxylic acids is 2. The molecule has 2 aromatic rings. The Morgan fingerprint density at radius 1 is 1.19 bits per heavy atom. The van der Waals surface area contributed by atoms with E-state index in [9.17, 15) is 19.7 Å². The van der Waals surface area contributed by atoms with Crippen molar-refractivity contribution in [1.29, 1.82) is 0 Å². The highest BCUT2D eigenvalue weighted by molar-refractivity contribution is 6.07. The molecule has 7 nitrogen and oxygen atoms in total. The van der Waals surface area contributed by atoms with Crippen LogP contribution < -0.4 is 9.64 Å². The topological polar surface area (TPSA) is 89.8 Å². The van der Waals surface area contributed by atoms with Crippen molar-refractivity contribution < 1.29 is 19.2 Å². The van der Waals surface area contributed by atoms with Crippen molar-refractivity contribution in [2.75, 3.05) is 11.5 Å². The Kier molecular flexibility index (Phi) is 5.90. The number of ketones is 1. The van der Waals surface area contributed by atoms with Gasteiger partial charge in [0.15, 0.2) is 5.78 Å². The fourth-order valence-corrected chi connectivity index (χ4v) is 4.46. The number of Topliss-reactive ketones (excluding diaryl/α,β-unsaturated/α-hetero) is 1. The van der Waals surface area contributed by atoms with Crippen LogP contribution in [0.2, 0.25) is 0 Å². The van der Waals surface area contributed by atoms with Crippen LogP contribution >= 0.6 is 0 Å². The van der Waals surface area contributed by atoms with Crippen LogP contribution in [0.3, 0.4) is 0 Å². The Morgan fingerprint density at radius 2 is 1.94 bits per heavy atom. The van der Waals surface area contributed by atoms with Crippen LogP contribution in [-0.4, -0.2) is 23.2 Å². The maximum atomic E-state index is 13.4. The van der Waals surface area contributed by atoms with Crippen molar-refractivity contribution in [1.82, 2.24) is 0 Å². The van der Waals surface area contributed by atoms with E-state index in [1.54, 1.807) is 12.1 Å². The molecule has 1 aliphatic carbocycles. The fourth-order valence-electron chi connectivity index (χ4n) is 4.46. The predicted octanol–water partition coefficient (Wildman–Crippen LogP) is 5.00. The third-order valence-corrected chi connectivity index (χ3v) is 5.97. The maximum Gasteiger partial charge on any atom is 0.271 e. The average molecular weight is 432 g/mol. The van der Waals surface area contributed by atoms with Crippen LogP contribution in [-0.2, 0) is 9.59 Å². The molecule has 7 heteroatoms. The lowest BCUT2D eigenvalue weighted by molar-refractivity contribution is -0.384. The molecule has 0 spiro atoms. The van der Waals surface area contributed by atoms with Crippen molar-refractivity contribution in [3.05, 3.63) is 87.6 Å². The summed E-state index contributed by atoms with van der Waals surface area (Å²) < 4.78 is 5.54. The lowest BCUT2D eigenvalue weighted by Gasteiger charge is -2.38. The fraction of sp³-hybridized carbons (Fsp3) is 0.280. The van der Waals surface area contributed by atoms with Crippen LogP contribution in [0.4, 0.5) is 11.4 Å². The predicted molar refractivity (Wildman–Crippen MR) is 121 cm³/mol. The van der Waals surface area contributed by atoms with Gasteiger partial charge in [-0.1, -0.05) is 30.9 Å². The molecule has 32 heavy (non-hydrogen) atoms. The summed E-state index contributed by atoms with van der Waals surface area (Å²) in [5.74, 6) is 0.214. The van der Waals surface area contributed by atoms with E-state index in [4.69, 9.17) is 4.74 Å². The van der Waals surface area contributed by atoms with Gasteiger partial charge in [0.25, 0.3) is 5.69 Å². The Labute approximate surface area is 186 Å². The van der Waals surface area contributed by atoms with Gasteiger partial charge in [-0.2, -0.15) is 0 Å². The molecule has 4 rings (SSSR count). The molecule has 2 aromatic carbocycles. The van der Waals surface area contributed by atoms with Crippen molar-refractivity contribution in [2.45, 2.75) is 38.5 Å². The molecule has 1 aliphatic heterocycles. The highest BCUT2D eigenvalue weighted by atomic mass is 16.6. The number of nitro benzene ring substituents is 1. The summed E-state index contributed by atoms with van der Waals surface area (Å²) in [7, 11) is 0. The summed E-state index contributed by atoms with van der Waals surface area (Å²) in [5.41, 5.74) is 3.32. The summed E-state index contributed by atoms with van der Waals surface area (Å²) in [5, 5.41) is 11.3. The molecule has 1 heterocycles. The maximum absolute atomic E-state index is 13.4. The summed E-state index contributed by atoms with van der Waals surface area (Å²) >= 11 is 0. The summed E-state index contributed by atoms with van der Waals surface area (Å²) in [6.45, 7) is 5.84. The number of nitro groups is 1. The second kappa shape index (κ2) is 8.78. The molecule has 0 fully saturated rings. The van der Waals surface area contributed by atoms with Gasteiger partial charge in [-0.15, -0.1) is 0 Å². The number of hydrogen-bond acceptors (Lipinski definition) is 5. The number of aryl methyl sites for hydroxylation is 1. The number of carbonyl (C=O) groups is 2. The van der Waals surface area contributed by atoms with Crippen molar-refractivity contribution in [2.24, 2.45) is 0 Å². The number of non-ortho nitro benzene ring substituents is 1. The zero-order valence-electron chi connectivity index (χ0n) is 17.9. The van der Waals surface area contributed by atoms with Crippen molar-refractivity contribution in [3.8, 4) is 5.75 Å². The molecule has 0 aromatic heterocycles. The van der Waals surface area contributed by atoms with Gasteiger partial charge in [-0.05, 0) is 43.0 Å². The van der Waals surface area contributed by atoms with Gasteiger partial charge in [0.2, 0.25) is 5.91 Å². The number of hydrogen-bond donors (Lipinski definition) is 0. The smallest absolute Gasteiger partial charge is 0.271 e. The molecular weight excluding hydrogens is 408 g/mol. The number of nitrogens with zero attached hydrogens (tertiary/aromatic N) is 2. The quantitative estimate of drug-likeness (QED) is 0.364. The molecule has 1 unspecified atom stereocenters. The van der Waals surface area contributed by atoms with Crippen molar-refractivity contribution >= 4 is 23.1 Å². The van der Waals surface area contributed by atoms with Crippen LogP contribution in [0.15, 0.2) is 66.4 Å². The number of allylic oxidation sites excluding steroid dienone is 2. The first-order chi connectivity index (χ1) is 15.4. The minimum absolute atomic E-state index is 0.0313. The minimum Gasteiger partial charge on any atom is -0.490 e. The number of anilines is 1. The molecule has 2 aliphatic rings. The molecule has 1 amide bonds.